The van der Waals surface area contributed by atoms with Gasteiger partial charge in [0.15, 0.2) is 0 Å². The van der Waals surface area contributed by atoms with Crippen molar-refractivity contribution in [3.05, 3.63) is 0 Å². The summed E-state index contributed by atoms with van der Waals surface area (Å²) in [6.07, 6.45) is 1.88. The van der Waals surface area contributed by atoms with Crippen molar-refractivity contribution >= 4 is 17.9 Å². The minimum Gasteiger partial charge on any atom is -0.480 e. The molecule has 7 nitrogen and oxygen atoms in total. The molecular weight excluding hydrogens is 262 g/mol. The number of aliphatic carboxylic acids is 1. The van der Waals surface area contributed by atoms with Gasteiger partial charge in [-0.1, -0.05) is 6.92 Å². The normalized spacial score (nSPS) is 17.9. The van der Waals surface area contributed by atoms with E-state index in [2.05, 4.69) is 0 Å². The van der Waals surface area contributed by atoms with Crippen LogP contribution in [0.1, 0.15) is 26.2 Å². The highest BCUT2D eigenvalue weighted by molar-refractivity contribution is 5.87. The first-order chi connectivity index (χ1) is 9.38. The van der Waals surface area contributed by atoms with E-state index in [1.165, 1.54) is 14.7 Å². The highest BCUT2D eigenvalue weighted by Gasteiger charge is 2.36. The van der Waals surface area contributed by atoms with Gasteiger partial charge in [-0.25, -0.2) is 9.59 Å². The van der Waals surface area contributed by atoms with E-state index in [0.29, 0.717) is 25.9 Å². The largest absolute Gasteiger partial charge is 0.480 e. The molecule has 0 saturated carbocycles. The number of likely N-dealkylation sites (N-methyl/N-ethyl adjacent to an activating group) is 1. The first kappa shape index (κ1) is 16.3. The lowest BCUT2D eigenvalue weighted by atomic mass is 10.2. The van der Waals surface area contributed by atoms with Crippen molar-refractivity contribution in [1.82, 2.24) is 14.7 Å². The number of carboxylic acids is 1. The van der Waals surface area contributed by atoms with E-state index < -0.39 is 12.0 Å². The minimum atomic E-state index is -0.980. The Hall–Kier alpha value is -1.79. The highest BCUT2D eigenvalue weighted by Crippen LogP contribution is 2.19. The fourth-order valence-electron chi connectivity index (χ4n) is 2.25. The zero-order valence-corrected chi connectivity index (χ0v) is 12.3. The van der Waals surface area contributed by atoms with Gasteiger partial charge in [-0.3, -0.25) is 4.79 Å². The van der Waals surface area contributed by atoms with Crippen molar-refractivity contribution in [2.75, 3.05) is 33.7 Å². The molecule has 20 heavy (non-hydrogen) atoms. The molecule has 1 aliphatic heterocycles. The molecule has 0 aromatic carbocycles. The summed E-state index contributed by atoms with van der Waals surface area (Å²) in [4.78, 5) is 39.5. The first-order valence-corrected chi connectivity index (χ1v) is 6.87. The van der Waals surface area contributed by atoms with Crippen LogP contribution in [0.25, 0.3) is 0 Å². The first-order valence-electron chi connectivity index (χ1n) is 6.87. The third kappa shape index (κ3) is 3.85. The SMILES string of the molecule is CCCN(CC(=O)N(C)C)C(=O)N1CCC[C@H]1C(=O)O. The topological polar surface area (TPSA) is 81.2 Å². The fraction of sp³-hybridized carbons (Fsp3) is 0.769. The van der Waals surface area contributed by atoms with Gasteiger partial charge in [-0.2, -0.15) is 0 Å². The van der Waals surface area contributed by atoms with Crippen molar-refractivity contribution < 1.29 is 19.5 Å². The quantitative estimate of drug-likeness (QED) is 0.795. The van der Waals surface area contributed by atoms with Crippen molar-refractivity contribution in [3.63, 3.8) is 0 Å². The highest BCUT2D eigenvalue weighted by atomic mass is 16.4. The van der Waals surface area contributed by atoms with Crippen LogP contribution in [-0.2, 0) is 9.59 Å². The van der Waals surface area contributed by atoms with Gasteiger partial charge >= 0.3 is 12.0 Å². The maximum atomic E-state index is 12.4. The van der Waals surface area contributed by atoms with Gasteiger partial charge in [0.05, 0.1) is 0 Å². The summed E-state index contributed by atoms with van der Waals surface area (Å²) < 4.78 is 0. The molecule has 3 amide bonds. The number of amides is 3. The average molecular weight is 285 g/mol. The van der Waals surface area contributed by atoms with Crippen LogP contribution in [0.3, 0.4) is 0 Å². The lowest BCUT2D eigenvalue weighted by Gasteiger charge is -2.30. The lowest BCUT2D eigenvalue weighted by molar-refractivity contribution is -0.141. The van der Waals surface area contributed by atoms with Crippen LogP contribution in [0.5, 0.6) is 0 Å². The van der Waals surface area contributed by atoms with Crippen LogP contribution < -0.4 is 0 Å². The van der Waals surface area contributed by atoms with E-state index in [4.69, 9.17) is 5.11 Å². The Morgan fingerprint density at radius 3 is 2.45 bits per heavy atom. The van der Waals surface area contributed by atoms with Crippen LogP contribution in [0.2, 0.25) is 0 Å². The van der Waals surface area contributed by atoms with Gasteiger partial charge in [0.1, 0.15) is 12.6 Å². The Morgan fingerprint density at radius 2 is 1.95 bits per heavy atom. The van der Waals surface area contributed by atoms with Gasteiger partial charge < -0.3 is 19.8 Å². The van der Waals surface area contributed by atoms with E-state index in [1.54, 1.807) is 14.1 Å². The molecule has 0 radical (unpaired) electrons. The second-order valence-electron chi connectivity index (χ2n) is 5.18. The number of carbonyl (C=O) groups excluding carboxylic acids is 2. The van der Waals surface area contributed by atoms with E-state index in [-0.39, 0.29) is 18.5 Å². The Labute approximate surface area is 119 Å². The Morgan fingerprint density at radius 1 is 1.30 bits per heavy atom. The molecule has 1 rings (SSSR count). The predicted molar refractivity (Wildman–Crippen MR) is 73.3 cm³/mol. The average Bonchev–Trinajstić information content (AvgIpc) is 2.86. The molecule has 1 aliphatic rings. The number of nitrogens with zero attached hydrogens (tertiary/aromatic N) is 3. The maximum absolute atomic E-state index is 12.4. The van der Waals surface area contributed by atoms with Crippen LogP contribution in [0, 0.1) is 0 Å². The predicted octanol–water partition coefficient (Wildman–Crippen LogP) is 0.456. The van der Waals surface area contributed by atoms with Gasteiger partial charge in [0.25, 0.3) is 0 Å². The van der Waals surface area contributed by atoms with Crippen LogP contribution in [-0.4, -0.2) is 77.5 Å². The zero-order valence-electron chi connectivity index (χ0n) is 12.3. The molecule has 114 valence electrons. The number of carbonyl (C=O) groups is 3. The maximum Gasteiger partial charge on any atom is 0.326 e. The van der Waals surface area contributed by atoms with Gasteiger partial charge in [-0.15, -0.1) is 0 Å². The van der Waals surface area contributed by atoms with E-state index in [0.717, 1.165) is 6.42 Å². The molecule has 0 aliphatic carbocycles. The summed E-state index contributed by atoms with van der Waals surface area (Å²) in [6.45, 7) is 2.79. The molecule has 1 N–H and O–H groups in total. The molecule has 1 heterocycles. The molecule has 0 bridgehead atoms. The third-order valence-electron chi connectivity index (χ3n) is 3.37. The van der Waals surface area contributed by atoms with Crippen molar-refractivity contribution in [1.29, 1.82) is 0 Å². The summed E-state index contributed by atoms with van der Waals surface area (Å²) in [5.41, 5.74) is 0. The summed E-state index contributed by atoms with van der Waals surface area (Å²) in [5, 5.41) is 9.13. The van der Waals surface area contributed by atoms with Crippen molar-refractivity contribution in [3.8, 4) is 0 Å². The molecule has 0 unspecified atom stereocenters. The Bertz CT molecular complexity index is 384. The number of rotatable bonds is 5. The summed E-state index contributed by atoms with van der Waals surface area (Å²) in [5.74, 6) is -1.15. The monoisotopic (exact) mass is 285 g/mol. The van der Waals surface area contributed by atoms with Gasteiger partial charge in [0.2, 0.25) is 5.91 Å². The van der Waals surface area contributed by atoms with Crippen molar-refractivity contribution in [2.45, 2.75) is 32.2 Å². The molecule has 1 atom stereocenters. The minimum absolute atomic E-state index is 0.0114. The molecule has 1 fully saturated rings. The van der Waals surface area contributed by atoms with Crippen LogP contribution in [0.15, 0.2) is 0 Å². The number of urea groups is 1. The third-order valence-corrected chi connectivity index (χ3v) is 3.37. The molecule has 1 saturated heterocycles. The summed E-state index contributed by atoms with van der Waals surface area (Å²) in [6, 6.07) is -1.12. The molecule has 0 spiro atoms. The molecule has 0 aromatic heterocycles. The molecule has 7 heteroatoms. The second-order valence-corrected chi connectivity index (χ2v) is 5.18. The zero-order chi connectivity index (χ0) is 15.3. The Kier molecular flexibility index (Phi) is 5.79. The number of likely N-dealkylation sites (tertiary alicyclic amines) is 1. The number of carboxylic acid groups (broad SMARTS) is 1. The smallest absolute Gasteiger partial charge is 0.326 e. The Balaban J connectivity index is 2.77. The van der Waals surface area contributed by atoms with Gasteiger partial charge in [-0.05, 0) is 19.3 Å². The van der Waals surface area contributed by atoms with Crippen molar-refractivity contribution in [2.24, 2.45) is 0 Å². The molecular formula is C13H23N3O4. The van der Waals surface area contributed by atoms with Gasteiger partial charge in [0, 0.05) is 27.2 Å². The molecule has 0 aromatic rings. The lowest BCUT2D eigenvalue weighted by Crippen LogP contribution is -2.50. The van der Waals surface area contributed by atoms with Crippen LogP contribution in [0.4, 0.5) is 4.79 Å². The van der Waals surface area contributed by atoms with E-state index in [1.807, 2.05) is 6.92 Å². The number of hydrogen-bond acceptors (Lipinski definition) is 3. The second kappa shape index (κ2) is 7.12. The number of hydrogen-bond donors (Lipinski definition) is 1. The van der Waals surface area contributed by atoms with E-state index in [9.17, 15) is 14.4 Å². The van der Waals surface area contributed by atoms with Crippen LogP contribution >= 0.6 is 0 Å². The van der Waals surface area contributed by atoms with E-state index >= 15 is 0 Å². The fourth-order valence-corrected chi connectivity index (χ4v) is 2.25. The summed E-state index contributed by atoms with van der Waals surface area (Å²) >= 11 is 0. The standard InChI is InChI=1S/C13H23N3O4/c1-4-7-15(9-11(17)14(2)3)13(20)16-8-5-6-10(16)12(18)19/h10H,4-9H2,1-3H3,(H,18,19)/t10-/m0/s1. The summed E-state index contributed by atoms with van der Waals surface area (Å²) in [7, 11) is 3.26.